The Morgan fingerprint density at radius 1 is 1.29 bits per heavy atom. The zero-order valence-electron chi connectivity index (χ0n) is 13.5. The Kier molecular flexibility index (Phi) is 5.23. The highest BCUT2D eigenvalue weighted by atomic mass is 16.5. The first-order chi connectivity index (χ1) is 10.1. The lowest BCUT2D eigenvalue weighted by Gasteiger charge is -2.24. The fourth-order valence-electron chi connectivity index (χ4n) is 2.40. The Morgan fingerprint density at radius 3 is 2.62 bits per heavy atom. The predicted octanol–water partition coefficient (Wildman–Crippen LogP) is 2.38. The Labute approximate surface area is 128 Å². The van der Waals surface area contributed by atoms with Crippen LogP contribution in [0.15, 0.2) is 35.3 Å². The molecule has 1 aliphatic carbocycles. The van der Waals surface area contributed by atoms with E-state index >= 15 is 0 Å². The monoisotopic (exact) mass is 289 g/mol. The molecule has 4 nitrogen and oxygen atoms in total. The highest BCUT2D eigenvalue weighted by Crippen LogP contribution is 2.46. The van der Waals surface area contributed by atoms with Crippen molar-refractivity contribution in [1.82, 2.24) is 10.6 Å². The van der Waals surface area contributed by atoms with Crippen molar-refractivity contribution in [2.24, 2.45) is 10.9 Å². The van der Waals surface area contributed by atoms with E-state index in [9.17, 15) is 0 Å². The van der Waals surface area contributed by atoms with E-state index in [2.05, 4.69) is 59.8 Å². The highest BCUT2D eigenvalue weighted by Gasteiger charge is 2.37. The lowest BCUT2D eigenvalue weighted by atomic mass is 10.1. The second-order valence-electron chi connectivity index (χ2n) is 6.28. The van der Waals surface area contributed by atoms with E-state index < -0.39 is 0 Å². The first-order valence-electron chi connectivity index (χ1n) is 7.60. The molecule has 1 aliphatic rings. The van der Waals surface area contributed by atoms with Crippen LogP contribution in [0.2, 0.25) is 0 Å². The summed E-state index contributed by atoms with van der Waals surface area (Å²) in [4.78, 5) is 4.26. The smallest absolute Gasteiger partial charge is 0.191 e. The Balaban J connectivity index is 1.73. The average molecular weight is 289 g/mol. The summed E-state index contributed by atoms with van der Waals surface area (Å²) in [5.41, 5.74) is 1.26. The minimum atomic E-state index is -0.191. The van der Waals surface area contributed by atoms with Crippen LogP contribution in [0.25, 0.3) is 0 Å². The van der Waals surface area contributed by atoms with Gasteiger partial charge in [-0.3, -0.25) is 4.99 Å². The molecule has 2 N–H and O–H groups in total. The van der Waals surface area contributed by atoms with E-state index in [1.54, 1.807) is 14.2 Å². The van der Waals surface area contributed by atoms with Gasteiger partial charge < -0.3 is 15.4 Å². The SMILES string of the molecule is CN=C(NCC1CC1c1ccccc1)NCC(C)(C)OC. The largest absolute Gasteiger partial charge is 0.377 e. The quantitative estimate of drug-likeness (QED) is 0.624. The molecule has 4 heteroatoms. The minimum absolute atomic E-state index is 0.191. The summed E-state index contributed by atoms with van der Waals surface area (Å²) in [5.74, 6) is 2.26. The first-order valence-corrected chi connectivity index (χ1v) is 7.60. The average Bonchev–Trinajstić information content (AvgIpc) is 3.28. The van der Waals surface area contributed by atoms with Gasteiger partial charge in [-0.25, -0.2) is 0 Å². The molecule has 0 spiro atoms. The number of hydrogen-bond acceptors (Lipinski definition) is 2. The molecule has 0 heterocycles. The number of guanidine groups is 1. The van der Waals surface area contributed by atoms with Crippen LogP contribution in [-0.2, 0) is 4.74 Å². The number of nitrogens with one attached hydrogen (secondary N) is 2. The van der Waals surface area contributed by atoms with E-state index in [0.717, 1.165) is 19.0 Å². The van der Waals surface area contributed by atoms with Crippen LogP contribution in [-0.4, -0.2) is 38.8 Å². The molecular formula is C17H27N3O. The zero-order chi connectivity index (χ0) is 15.3. The first kappa shape index (κ1) is 15.8. The molecule has 2 atom stereocenters. The molecule has 116 valence electrons. The molecule has 2 unspecified atom stereocenters. The second-order valence-corrected chi connectivity index (χ2v) is 6.28. The molecule has 21 heavy (non-hydrogen) atoms. The lowest BCUT2D eigenvalue weighted by molar-refractivity contribution is 0.0268. The maximum absolute atomic E-state index is 5.40. The van der Waals surface area contributed by atoms with Crippen LogP contribution >= 0.6 is 0 Å². The number of hydrogen-bond donors (Lipinski definition) is 2. The summed E-state index contributed by atoms with van der Waals surface area (Å²) >= 11 is 0. The van der Waals surface area contributed by atoms with Gasteiger partial charge in [-0.2, -0.15) is 0 Å². The molecule has 0 aliphatic heterocycles. The van der Waals surface area contributed by atoms with Gasteiger partial charge in [-0.05, 0) is 37.7 Å². The van der Waals surface area contributed by atoms with Crippen LogP contribution < -0.4 is 10.6 Å². The summed E-state index contributed by atoms with van der Waals surface area (Å²) < 4.78 is 5.40. The molecule has 2 rings (SSSR count). The molecule has 1 aromatic rings. The van der Waals surface area contributed by atoms with Gasteiger partial charge in [0, 0.05) is 27.2 Å². The van der Waals surface area contributed by atoms with Crippen LogP contribution in [0.3, 0.4) is 0 Å². The Morgan fingerprint density at radius 2 is 2.00 bits per heavy atom. The van der Waals surface area contributed by atoms with Gasteiger partial charge >= 0.3 is 0 Å². The van der Waals surface area contributed by atoms with Crippen molar-refractivity contribution in [2.75, 3.05) is 27.2 Å². The number of nitrogens with zero attached hydrogens (tertiary/aromatic N) is 1. The number of methoxy groups -OCH3 is 1. The van der Waals surface area contributed by atoms with Crippen LogP contribution in [0.5, 0.6) is 0 Å². The minimum Gasteiger partial charge on any atom is -0.377 e. The summed E-state index contributed by atoms with van der Waals surface area (Å²) in [5, 5.41) is 6.72. The van der Waals surface area contributed by atoms with Crippen molar-refractivity contribution in [2.45, 2.75) is 31.8 Å². The van der Waals surface area contributed by atoms with Crippen LogP contribution in [0.1, 0.15) is 31.7 Å². The Bertz CT molecular complexity index is 470. The normalized spacial score (nSPS) is 22.0. The van der Waals surface area contributed by atoms with Crippen molar-refractivity contribution in [3.8, 4) is 0 Å². The molecule has 0 aromatic heterocycles. The topological polar surface area (TPSA) is 45.7 Å². The summed E-state index contributed by atoms with van der Waals surface area (Å²) in [6, 6.07) is 10.7. The zero-order valence-corrected chi connectivity index (χ0v) is 13.5. The standard InChI is InChI=1S/C17H27N3O/c1-17(2,21-4)12-20-16(18-3)19-11-14-10-15(14)13-8-6-5-7-9-13/h5-9,14-15H,10-12H2,1-4H3,(H2,18,19,20). The highest BCUT2D eigenvalue weighted by molar-refractivity contribution is 5.79. The van der Waals surface area contributed by atoms with Gasteiger partial charge in [-0.15, -0.1) is 0 Å². The fraction of sp³-hybridized carbons (Fsp3) is 0.588. The van der Waals surface area contributed by atoms with Gasteiger partial charge in [-0.1, -0.05) is 30.3 Å². The van der Waals surface area contributed by atoms with E-state index in [1.807, 2.05) is 0 Å². The molecule has 0 radical (unpaired) electrons. The molecular weight excluding hydrogens is 262 g/mol. The summed E-state index contributed by atoms with van der Waals surface area (Å²) in [6.07, 6.45) is 1.26. The number of aliphatic imine (C=N–C) groups is 1. The van der Waals surface area contributed by atoms with Gasteiger partial charge in [0.2, 0.25) is 0 Å². The summed E-state index contributed by atoms with van der Waals surface area (Å²) in [7, 11) is 3.53. The third-order valence-corrected chi connectivity index (χ3v) is 4.14. The maximum Gasteiger partial charge on any atom is 0.191 e. The third kappa shape index (κ3) is 4.74. The molecule has 0 bridgehead atoms. The molecule has 1 saturated carbocycles. The van der Waals surface area contributed by atoms with E-state index in [1.165, 1.54) is 12.0 Å². The molecule has 0 saturated heterocycles. The molecule has 1 fully saturated rings. The number of benzene rings is 1. The van der Waals surface area contributed by atoms with Crippen molar-refractivity contribution in [3.05, 3.63) is 35.9 Å². The molecule has 1 aromatic carbocycles. The maximum atomic E-state index is 5.40. The van der Waals surface area contributed by atoms with Crippen LogP contribution in [0.4, 0.5) is 0 Å². The molecule has 0 amide bonds. The summed E-state index contributed by atoms with van der Waals surface area (Å²) in [6.45, 7) is 5.81. The van der Waals surface area contributed by atoms with Crippen molar-refractivity contribution < 1.29 is 4.74 Å². The third-order valence-electron chi connectivity index (χ3n) is 4.14. The van der Waals surface area contributed by atoms with Gasteiger partial charge in [0.05, 0.1) is 5.60 Å². The van der Waals surface area contributed by atoms with Gasteiger partial charge in [0.25, 0.3) is 0 Å². The van der Waals surface area contributed by atoms with E-state index in [0.29, 0.717) is 11.8 Å². The number of ether oxygens (including phenoxy) is 1. The predicted molar refractivity (Wildman–Crippen MR) is 87.7 cm³/mol. The number of rotatable bonds is 6. The van der Waals surface area contributed by atoms with E-state index in [-0.39, 0.29) is 5.60 Å². The van der Waals surface area contributed by atoms with E-state index in [4.69, 9.17) is 4.74 Å². The van der Waals surface area contributed by atoms with Crippen molar-refractivity contribution in [1.29, 1.82) is 0 Å². The Hall–Kier alpha value is -1.55. The fourth-order valence-corrected chi connectivity index (χ4v) is 2.40. The second kappa shape index (κ2) is 6.94. The van der Waals surface area contributed by atoms with Crippen LogP contribution in [0, 0.1) is 5.92 Å². The van der Waals surface area contributed by atoms with Gasteiger partial charge in [0.1, 0.15) is 0 Å². The lowest BCUT2D eigenvalue weighted by Crippen LogP contribution is -2.45. The van der Waals surface area contributed by atoms with Crippen molar-refractivity contribution in [3.63, 3.8) is 0 Å². The van der Waals surface area contributed by atoms with Crippen molar-refractivity contribution >= 4 is 5.96 Å². The van der Waals surface area contributed by atoms with Gasteiger partial charge in [0.15, 0.2) is 5.96 Å².